The van der Waals surface area contributed by atoms with Crippen molar-refractivity contribution < 1.29 is 4.74 Å². The molecule has 0 bridgehead atoms. The van der Waals surface area contributed by atoms with Gasteiger partial charge >= 0.3 is 0 Å². The van der Waals surface area contributed by atoms with Crippen LogP contribution in [0.1, 0.15) is 51.3 Å². The number of likely N-dealkylation sites (N-methyl/N-ethyl adjacent to an activating group) is 1. The van der Waals surface area contributed by atoms with E-state index in [0.717, 1.165) is 19.6 Å². The second-order valence-corrected chi connectivity index (χ2v) is 6.28. The molecule has 1 aliphatic rings. The van der Waals surface area contributed by atoms with Crippen molar-refractivity contribution in [2.75, 3.05) is 13.2 Å². The van der Waals surface area contributed by atoms with Crippen LogP contribution in [0.4, 0.5) is 0 Å². The zero-order valence-corrected chi connectivity index (χ0v) is 12.6. The Morgan fingerprint density at radius 3 is 2.95 bits per heavy atom. The second kappa shape index (κ2) is 6.02. The average Bonchev–Trinajstić information content (AvgIpc) is 2.77. The van der Waals surface area contributed by atoms with Crippen molar-refractivity contribution in [2.24, 2.45) is 0 Å². The van der Waals surface area contributed by atoms with Crippen LogP contribution in [0.15, 0.2) is 18.3 Å². The van der Waals surface area contributed by atoms with Gasteiger partial charge in [-0.2, -0.15) is 0 Å². The average molecular weight is 262 g/mol. The Labute approximate surface area is 116 Å². The van der Waals surface area contributed by atoms with E-state index in [4.69, 9.17) is 4.74 Å². The lowest BCUT2D eigenvalue weighted by molar-refractivity contribution is -0.0177. The molecule has 1 aromatic heterocycles. The SMILES string of the molecule is CCNC(COC(C)(C)C)C1CCc2cccnc21. The molecule has 3 nitrogen and oxygen atoms in total. The van der Waals surface area contributed by atoms with Crippen LogP contribution in [0.2, 0.25) is 0 Å². The highest BCUT2D eigenvalue weighted by Gasteiger charge is 2.31. The van der Waals surface area contributed by atoms with Gasteiger partial charge in [-0.25, -0.2) is 0 Å². The van der Waals surface area contributed by atoms with Gasteiger partial charge in [0.1, 0.15) is 0 Å². The van der Waals surface area contributed by atoms with Gasteiger partial charge in [0, 0.05) is 23.9 Å². The lowest BCUT2D eigenvalue weighted by Crippen LogP contribution is -2.40. The van der Waals surface area contributed by atoms with Gasteiger partial charge in [0.15, 0.2) is 0 Å². The van der Waals surface area contributed by atoms with E-state index in [1.807, 2.05) is 12.3 Å². The predicted molar refractivity (Wildman–Crippen MR) is 78.5 cm³/mol. The molecule has 0 aromatic carbocycles. The molecule has 106 valence electrons. The van der Waals surface area contributed by atoms with Crippen molar-refractivity contribution in [1.29, 1.82) is 0 Å². The summed E-state index contributed by atoms with van der Waals surface area (Å²) in [6.45, 7) is 10.2. The smallest absolute Gasteiger partial charge is 0.0633 e. The molecule has 1 aromatic rings. The molecule has 1 aliphatic carbocycles. The molecule has 19 heavy (non-hydrogen) atoms. The summed E-state index contributed by atoms with van der Waals surface area (Å²) in [5, 5.41) is 3.57. The summed E-state index contributed by atoms with van der Waals surface area (Å²) in [7, 11) is 0. The molecule has 0 spiro atoms. The van der Waals surface area contributed by atoms with E-state index >= 15 is 0 Å². The molecule has 0 radical (unpaired) electrons. The Kier molecular flexibility index (Phi) is 4.58. The quantitative estimate of drug-likeness (QED) is 0.886. The van der Waals surface area contributed by atoms with E-state index in [2.05, 4.69) is 44.1 Å². The Balaban J connectivity index is 2.08. The number of aryl methyl sites for hydroxylation is 1. The fourth-order valence-corrected chi connectivity index (χ4v) is 2.75. The maximum absolute atomic E-state index is 5.98. The Morgan fingerprint density at radius 2 is 2.26 bits per heavy atom. The van der Waals surface area contributed by atoms with Crippen LogP contribution in [0.3, 0.4) is 0 Å². The van der Waals surface area contributed by atoms with E-state index < -0.39 is 0 Å². The van der Waals surface area contributed by atoms with Crippen LogP contribution < -0.4 is 5.32 Å². The summed E-state index contributed by atoms with van der Waals surface area (Å²) in [4.78, 5) is 4.59. The minimum absolute atomic E-state index is 0.0841. The first kappa shape index (κ1) is 14.5. The van der Waals surface area contributed by atoms with Gasteiger partial charge in [0.05, 0.1) is 12.2 Å². The molecule has 2 unspecified atom stereocenters. The summed E-state index contributed by atoms with van der Waals surface area (Å²) in [5.41, 5.74) is 2.59. The number of nitrogens with one attached hydrogen (secondary N) is 1. The van der Waals surface area contributed by atoms with E-state index in [0.29, 0.717) is 12.0 Å². The standard InChI is InChI=1S/C16H26N2O/c1-5-17-14(11-19-16(2,3)4)13-9-8-12-7-6-10-18-15(12)13/h6-7,10,13-14,17H,5,8-9,11H2,1-4H3. The van der Waals surface area contributed by atoms with Crippen LogP contribution in [0, 0.1) is 0 Å². The van der Waals surface area contributed by atoms with Crippen molar-refractivity contribution in [3.05, 3.63) is 29.6 Å². The Bertz CT molecular complexity index is 411. The molecule has 3 heteroatoms. The summed E-state index contributed by atoms with van der Waals surface area (Å²) in [5.74, 6) is 0.485. The molecule has 1 N–H and O–H groups in total. The van der Waals surface area contributed by atoms with Crippen molar-refractivity contribution in [3.63, 3.8) is 0 Å². The van der Waals surface area contributed by atoms with Gasteiger partial charge in [0.2, 0.25) is 0 Å². The highest BCUT2D eigenvalue weighted by Crippen LogP contribution is 2.34. The molecule has 0 amide bonds. The van der Waals surface area contributed by atoms with E-state index in [1.165, 1.54) is 17.7 Å². The third-order valence-corrected chi connectivity index (χ3v) is 3.65. The van der Waals surface area contributed by atoms with Crippen LogP contribution in [0.5, 0.6) is 0 Å². The Hall–Kier alpha value is -0.930. The molecular formula is C16H26N2O. The van der Waals surface area contributed by atoms with Crippen molar-refractivity contribution >= 4 is 0 Å². The van der Waals surface area contributed by atoms with E-state index in [-0.39, 0.29) is 5.60 Å². The van der Waals surface area contributed by atoms with Gasteiger partial charge in [-0.3, -0.25) is 4.98 Å². The van der Waals surface area contributed by atoms with Gasteiger partial charge in [-0.05, 0) is 51.8 Å². The van der Waals surface area contributed by atoms with Gasteiger partial charge in [0.25, 0.3) is 0 Å². The lowest BCUT2D eigenvalue weighted by Gasteiger charge is -2.28. The highest BCUT2D eigenvalue weighted by molar-refractivity contribution is 5.30. The van der Waals surface area contributed by atoms with Crippen molar-refractivity contribution in [3.8, 4) is 0 Å². The van der Waals surface area contributed by atoms with Crippen molar-refractivity contribution in [2.45, 2.75) is 58.1 Å². The fourth-order valence-electron chi connectivity index (χ4n) is 2.75. The molecule has 0 saturated carbocycles. The van der Waals surface area contributed by atoms with E-state index in [9.17, 15) is 0 Å². The number of nitrogens with zero attached hydrogens (tertiary/aromatic N) is 1. The van der Waals surface area contributed by atoms with E-state index in [1.54, 1.807) is 0 Å². The number of rotatable bonds is 5. The molecule has 2 atom stereocenters. The van der Waals surface area contributed by atoms with Crippen LogP contribution in [-0.4, -0.2) is 29.8 Å². The molecule has 0 fully saturated rings. The van der Waals surface area contributed by atoms with Gasteiger partial charge in [-0.15, -0.1) is 0 Å². The zero-order valence-electron chi connectivity index (χ0n) is 12.6. The monoisotopic (exact) mass is 262 g/mol. The lowest BCUT2D eigenvalue weighted by atomic mass is 9.97. The fraction of sp³-hybridized carbons (Fsp3) is 0.688. The zero-order chi connectivity index (χ0) is 13.9. The topological polar surface area (TPSA) is 34.1 Å². The minimum Gasteiger partial charge on any atom is -0.374 e. The first-order valence-corrected chi connectivity index (χ1v) is 7.32. The summed E-state index contributed by atoms with van der Waals surface area (Å²) >= 11 is 0. The van der Waals surface area contributed by atoms with Gasteiger partial charge in [-0.1, -0.05) is 13.0 Å². The molecule has 1 heterocycles. The van der Waals surface area contributed by atoms with Crippen LogP contribution >= 0.6 is 0 Å². The number of ether oxygens (including phenoxy) is 1. The largest absolute Gasteiger partial charge is 0.374 e. The predicted octanol–water partition coefficient (Wildman–Crippen LogP) is 2.90. The molecule has 2 rings (SSSR count). The van der Waals surface area contributed by atoms with Crippen LogP contribution in [-0.2, 0) is 11.2 Å². The molecular weight excluding hydrogens is 236 g/mol. The van der Waals surface area contributed by atoms with Crippen LogP contribution in [0.25, 0.3) is 0 Å². The Morgan fingerprint density at radius 1 is 1.47 bits per heavy atom. The highest BCUT2D eigenvalue weighted by atomic mass is 16.5. The summed E-state index contributed by atoms with van der Waals surface area (Å²) in [6.07, 6.45) is 4.23. The number of aromatic nitrogens is 1. The summed E-state index contributed by atoms with van der Waals surface area (Å²) in [6, 6.07) is 4.60. The molecule has 0 aliphatic heterocycles. The van der Waals surface area contributed by atoms with Gasteiger partial charge < -0.3 is 10.1 Å². The third-order valence-electron chi connectivity index (χ3n) is 3.65. The second-order valence-electron chi connectivity index (χ2n) is 6.28. The maximum Gasteiger partial charge on any atom is 0.0633 e. The maximum atomic E-state index is 5.98. The van der Waals surface area contributed by atoms with Crippen molar-refractivity contribution in [1.82, 2.24) is 10.3 Å². The number of pyridine rings is 1. The number of hydrogen-bond acceptors (Lipinski definition) is 3. The first-order chi connectivity index (χ1) is 9.01. The third kappa shape index (κ3) is 3.77. The minimum atomic E-state index is -0.0841. The number of fused-ring (bicyclic) bond motifs is 1. The first-order valence-electron chi connectivity index (χ1n) is 7.32. The normalized spacial score (nSPS) is 20.3. The summed E-state index contributed by atoms with van der Waals surface area (Å²) < 4.78 is 5.98. The number of hydrogen-bond donors (Lipinski definition) is 1. The molecule has 0 saturated heterocycles.